The number of aromatic nitrogens is 2. The van der Waals surface area contributed by atoms with Gasteiger partial charge >= 0.3 is 5.97 Å². The van der Waals surface area contributed by atoms with Crippen LogP contribution >= 0.6 is 11.3 Å². The van der Waals surface area contributed by atoms with Crippen molar-refractivity contribution < 1.29 is 9.90 Å². The molecule has 2 aromatic heterocycles. The number of anilines is 1. The summed E-state index contributed by atoms with van der Waals surface area (Å²) in [6.07, 6.45) is 1.85. The van der Waals surface area contributed by atoms with E-state index >= 15 is 0 Å². The van der Waals surface area contributed by atoms with Crippen molar-refractivity contribution in [1.29, 1.82) is 0 Å². The highest BCUT2D eigenvalue weighted by Gasteiger charge is 2.20. The highest BCUT2D eigenvalue weighted by atomic mass is 32.1. The SMILES string of the molecule is Cc1ccc(-c2cc3c(N[C@H](Cc4ccccc4)C(=O)O)ncnc3s2)cc1. The van der Waals surface area contributed by atoms with Gasteiger partial charge in [-0.3, -0.25) is 0 Å². The molecular weight excluding hydrogens is 370 g/mol. The van der Waals surface area contributed by atoms with Crippen LogP contribution in [0, 0.1) is 6.92 Å². The van der Waals surface area contributed by atoms with Gasteiger partial charge in [0.25, 0.3) is 0 Å². The number of hydrogen-bond acceptors (Lipinski definition) is 5. The van der Waals surface area contributed by atoms with Gasteiger partial charge < -0.3 is 10.4 Å². The van der Waals surface area contributed by atoms with Crippen molar-refractivity contribution in [3.8, 4) is 10.4 Å². The molecule has 0 unspecified atom stereocenters. The summed E-state index contributed by atoms with van der Waals surface area (Å²) in [6, 6.07) is 19.1. The zero-order valence-electron chi connectivity index (χ0n) is 15.3. The molecule has 0 aliphatic heterocycles. The van der Waals surface area contributed by atoms with Gasteiger partial charge in [-0.25, -0.2) is 14.8 Å². The molecule has 0 amide bonds. The third-order valence-corrected chi connectivity index (χ3v) is 5.65. The fourth-order valence-corrected chi connectivity index (χ4v) is 4.05. The molecule has 6 heteroatoms. The van der Waals surface area contributed by atoms with E-state index in [0.29, 0.717) is 12.2 Å². The fourth-order valence-electron chi connectivity index (χ4n) is 3.05. The number of aryl methyl sites for hydroxylation is 1. The van der Waals surface area contributed by atoms with Crippen LogP contribution in [-0.2, 0) is 11.2 Å². The maximum atomic E-state index is 11.8. The third kappa shape index (κ3) is 3.87. The summed E-state index contributed by atoms with van der Waals surface area (Å²) in [5.41, 5.74) is 3.27. The first kappa shape index (κ1) is 18.1. The van der Waals surface area contributed by atoms with E-state index in [1.807, 2.05) is 36.4 Å². The van der Waals surface area contributed by atoms with Crippen LogP contribution in [0.2, 0.25) is 0 Å². The molecular formula is C22H19N3O2S. The standard InChI is InChI=1S/C22H19N3O2S/c1-14-7-9-16(10-8-14)19-12-17-20(23-13-24-21(17)28-19)25-18(22(26)27)11-15-5-3-2-4-6-15/h2-10,12-13,18H,11H2,1H3,(H,26,27)(H,23,24,25)/t18-/m1/s1. The van der Waals surface area contributed by atoms with Crippen molar-refractivity contribution in [1.82, 2.24) is 9.97 Å². The number of carboxylic acids is 1. The van der Waals surface area contributed by atoms with Crippen LogP contribution in [-0.4, -0.2) is 27.1 Å². The Morgan fingerprint density at radius 3 is 2.57 bits per heavy atom. The van der Waals surface area contributed by atoms with Gasteiger partial charge in [0, 0.05) is 11.3 Å². The van der Waals surface area contributed by atoms with Crippen LogP contribution in [0.15, 0.2) is 67.0 Å². The second-order valence-electron chi connectivity index (χ2n) is 6.64. The number of carbonyl (C=O) groups is 1. The number of fused-ring (bicyclic) bond motifs is 1. The molecule has 0 aliphatic carbocycles. The van der Waals surface area contributed by atoms with Gasteiger partial charge in [0.1, 0.15) is 23.0 Å². The first-order valence-electron chi connectivity index (χ1n) is 8.95. The average Bonchev–Trinajstić information content (AvgIpc) is 3.14. The van der Waals surface area contributed by atoms with Crippen LogP contribution in [0.5, 0.6) is 0 Å². The van der Waals surface area contributed by atoms with Crippen molar-refractivity contribution in [2.24, 2.45) is 0 Å². The molecule has 0 saturated heterocycles. The lowest BCUT2D eigenvalue weighted by molar-refractivity contribution is -0.137. The smallest absolute Gasteiger partial charge is 0.326 e. The molecule has 0 aliphatic rings. The van der Waals surface area contributed by atoms with E-state index in [4.69, 9.17) is 0 Å². The molecule has 4 rings (SSSR count). The molecule has 1 atom stereocenters. The minimum absolute atomic E-state index is 0.372. The van der Waals surface area contributed by atoms with Gasteiger partial charge in [-0.15, -0.1) is 11.3 Å². The number of rotatable bonds is 6. The maximum absolute atomic E-state index is 11.8. The number of hydrogen-bond donors (Lipinski definition) is 2. The zero-order chi connectivity index (χ0) is 19.5. The summed E-state index contributed by atoms with van der Waals surface area (Å²) < 4.78 is 0. The van der Waals surface area contributed by atoms with Crippen LogP contribution in [0.1, 0.15) is 11.1 Å². The largest absolute Gasteiger partial charge is 0.480 e. The van der Waals surface area contributed by atoms with Gasteiger partial charge in [0.15, 0.2) is 0 Å². The molecule has 0 spiro atoms. The highest BCUT2D eigenvalue weighted by Crippen LogP contribution is 2.35. The Morgan fingerprint density at radius 2 is 1.86 bits per heavy atom. The Kier molecular flexibility index (Phi) is 5.04. The Hall–Kier alpha value is -3.25. The molecule has 2 aromatic carbocycles. The number of nitrogens with one attached hydrogen (secondary N) is 1. The molecule has 0 bridgehead atoms. The first-order valence-corrected chi connectivity index (χ1v) is 9.76. The number of carboxylic acid groups (broad SMARTS) is 1. The lowest BCUT2D eigenvalue weighted by Crippen LogP contribution is -2.32. The predicted octanol–water partition coefficient (Wildman–Crippen LogP) is 4.77. The molecule has 4 aromatic rings. The lowest BCUT2D eigenvalue weighted by atomic mass is 10.1. The van der Waals surface area contributed by atoms with E-state index in [1.54, 1.807) is 11.3 Å². The van der Waals surface area contributed by atoms with Crippen molar-refractivity contribution in [2.45, 2.75) is 19.4 Å². The maximum Gasteiger partial charge on any atom is 0.326 e. The first-order chi connectivity index (χ1) is 13.6. The topological polar surface area (TPSA) is 75.1 Å². The average molecular weight is 389 g/mol. The number of thiophene rings is 1. The van der Waals surface area contributed by atoms with Gasteiger partial charge in [-0.2, -0.15) is 0 Å². The van der Waals surface area contributed by atoms with E-state index in [1.165, 1.54) is 11.9 Å². The Balaban J connectivity index is 1.65. The monoisotopic (exact) mass is 389 g/mol. The second kappa shape index (κ2) is 7.78. The predicted molar refractivity (Wildman–Crippen MR) is 113 cm³/mol. The third-order valence-electron chi connectivity index (χ3n) is 4.56. The van der Waals surface area contributed by atoms with Crippen LogP contribution < -0.4 is 5.32 Å². The summed E-state index contributed by atoms with van der Waals surface area (Å²) >= 11 is 1.57. The van der Waals surface area contributed by atoms with E-state index in [2.05, 4.69) is 46.5 Å². The van der Waals surface area contributed by atoms with Crippen molar-refractivity contribution in [3.05, 3.63) is 78.1 Å². The van der Waals surface area contributed by atoms with E-state index < -0.39 is 12.0 Å². The molecule has 140 valence electrons. The van der Waals surface area contributed by atoms with Crippen molar-refractivity contribution >= 4 is 33.3 Å². The van der Waals surface area contributed by atoms with Gasteiger partial charge in [0.2, 0.25) is 0 Å². The van der Waals surface area contributed by atoms with Crippen LogP contribution in [0.25, 0.3) is 20.7 Å². The summed E-state index contributed by atoms with van der Waals surface area (Å²) in [4.78, 5) is 22.4. The summed E-state index contributed by atoms with van der Waals surface area (Å²) in [5, 5.41) is 13.6. The van der Waals surface area contributed by atoms with E-state index in [9.17, 15) is 9.90 Å². The van der Waals surface area contributed by atoms with Crippen LogP contribution in [0.3, 0.4) is 0 Å². The quantitative estimate of drug-likeness (QED) is 0.497. The molecule has 5 nitrogen and oxygen atoms in total. The van der Waals surface area contributed by atoms with Gasteiger partial charge in [0.05, 0.1) is 5.39 Å². The Morgan fingerprint density at radius 1 is 1.11 bits per heavy atom. The summed E-state index contributed by atoms with van der Waals surface area (Å²) in [5.74, 6) is -0.368. The molecule has 0 radical (unpaired) electrons. The minimum atomic E-state index is -0.912. The number of nitrogens with zero attached hydrogens (tertiary/aromatic N) is 2. The highest BCUT2D eigenvalue weighted by molar-refractivity contribution is 7.21. The fraction of sp³-hybridized carbons (Fsp3) is 0.136. The Bertz CT molecular complexity index is 1110. The molecule has 2 heterocycles. The van der Waals surface area contributed by atoms with Gasteiger partial charge in [-0.1, -0.05) is 60.2 Å². The molecule has 0 saturated carbocycles. The minimum Gasteiger partial charge on any atom is -0.480 e. The molecule has 0 fully saturated rings. The Labute approximate surface area is 166 Å². The van der Waals surface area contributed by atoms with Gasteiger partial charge in [-0.05, 0) is 24.1 Å². The lowest BCUT2D eigenvalue weighted by Gasteiger charge is -2.15. The van der Waals surface area contributed by atoms with E-state index in [0.717, 1.165) is 26.2 Å². The van der Waals surface area contributed by atoms with Crippen LogP contribution in [0.4, 0.5) is 5.82 Å². The molecule has 28 heavy (non-hydrogen) atoms. The molecule has 2 N–H and O–H groups in total. The summed E-state index contributed by atoms with van der Waals surface area (Å²) in [6.45, 7) is 2.06. The number of benzene rings is 2. The zero-order valence-corrected chi connectivity index (χ0v) is 16.1. The number of aliphatic carboxylic acids is 1. The van der Waals surface area contributed by atoms with E-state index in [-0.39, 0.29) is 0 Å². The summed E-state index contributed by atoms with van der Waals surface area (Å²) in [7, 11) is 0. The van der Waals surface area contributed by atoms with Crippen molar-refractivity contribution in [3.63, 3.8) is 0 Å². The van der Waals surface area contributed by atoms with Crippen molar-refractivity contribution in [2.75, 3.05) is 5.32 Å². The second-order valence-corrected chi connectivity index (χ2v) is 7.67. The normalized spacial score (nSPS) is 12.0.